The molecule has 4 heterocycles. The number of fused-ring (bicyclic) bond motifs is 1. The zero-order chi connectivity index (χ0) is 18.5. The Kier molecular flexibility index (Phi) is 3.49. The van der Waals surface area contributed by atoms with Crippen molar-refractivity contribution in [1.82, 2.24) is 39.1 Å². The molecule has 9 nitrogen and oxygen atoms in total. The third kappa shape index (κ3) is 2.66. The van der Waals surface area contributed by atoms with E-state index in [1.165, 1.54) is 12.8 Å². The SMILES string of the molecule is CC(C)n1c(-c2cnn(CC3CC3)c2)nn2c(-c3cn[nH]c3)cnc2c1=O. The van der Waals surface area contributed by atoms with Crippen LogP contribution in [0.4, 0.5) is 0 Å². The summed E-state index contributed by atoms with van der Waals surface area (Å²) in [5, 5.41) is 16.0. The molecule has 0 unspecified atom stereocenters. The summed E-state index contributed by atoms with van der Waals surface area (Å²) in [5.74, 6) is 1.31. The number of hydrogen-bond acceptors (Lipinski definition) is 5. The first kappa shape index (κ1) is 16.0. The Morgan fingerprint density at radius 1 is 1.22 bits per heavy atom. The highest BCUT2D eigenvalue weighted by molar-refractivity contribution is 5.62. The second-order valence-electron chi connectivity index (χ2n) is 7.35. The number of hydrogen-bond donors (Lipinski definition) is 1. The van der Waals surface area contributed by atoms with Crippen molar-refractivity contribution in [2.24, 2.45) is 5.92 Å². The molecule has 0 saturated heterocycles. The molecule has 0 aliphatic heterocycles. The zero-order valence-electron chi connectivity index (χ0n) is 15.2. The highest BCUT2D eigenvalue weighted by Gasteiger charge is 2.23. The normalized spacial score (nSPS) is 14.5. The summed E-state index contributed by atoms with van der Waals surface area (Å²) in [5.41, 5.74) is 2.51. The van der Waals surface area contributed by atoms with Gasteiger partial charge in [-0.3, -0.25) is 19.1 Å². The smallest absolute Gasteiger partial charge is 0.285 e. The van der Waals surface area contributed by atoms with Gasteiger partial charge in [0.1, 0.15) is 0 Å². The third-order valence-corrected chi connectivity index (χ3v) is 4.91. The molecule has 1 fully saturated rings. The van der Waals surface area contributed by atoms with E-state index in [0.717, 1.165) is 29.3 Å². The summed E-state index contributed by atoms with van der Waals surface area (Å²) in [6.45, 7) is 4.86. The number of rotatable bonds is 5. The van der Waals surface area contributed by atoms with Gasteiger partial charge in [0.2, 0.25) is 5.65 Å². The first-order chi connectivity index (χ1) is 13.1. The molecule has 4 aromatic rings. The molecule has 138 valence electrons. The van der Waals surface area contributed by atoms with Crippen molar-refractivity contribution < 1.29 is 0 Å². The van der Waals surface area contributed by atoms with Gasteiger partial charge in [-0.25, -0.2) is 9.50 Å². The van der Waals surface area contributed by atoms with E-state index < -0.39 is 0 Å². The highest BCUT2D eigenvalue weighted by atomic mass is 16.1. The van der Waals surface area contributed by atoms with Gasteiger partial charge < -0.3 is 0 Å². The van der Waals surface area contributed by atoms with Gasteiger partial charge in [-0.2, -0.15) is 10.2 Å². The van der Waals surface area contributed by atoms with Crippen molar-refractivity contribution in [2.75, 3.05) is 0 Å². The van der Waals surface area contributed by atoms with Crippen LogP contribution < -0.4 is 5.56 Å². The van der Waals surface area contributed by atoms with Gasteiger partial charge in [0.05, 0.1) is 29.8 Å². The number of H-pyrrole nitrogens is 1. The molecule has 0 bridgehead atoms. The summed E-state index contributed by atoms with van der Waals surface area (Å²) in [4.78, 5) is 17.4. The van der Waals surface area contributed by atoms with Crippen LogP contribution in [0.5, 0.6) is 0 Å². The Morgan fingerprint density at radius 2 is 2.07 bits per heavy atom. The van der Waals surface area contributed by atoms with Gasteiger partial charge in [-0.1, -0.05) is 0 Å². The molecule has 0 spiro atoms. The van der Waals surface area contributed by atoms with E-state index in [1.807, 2.05) is 24.7 Å². The predicted octanol–water partition coefficient (Wildman–Crippen LogP) is 2.14. The summed E-state index contributed by atoms with van der Waals surface area (Å²) >= 11 is 0. The first-order valence-corrected chi connectivity index (χ1v) is 9.14. The van der Waals surface area contributed by atoms with E-state index in [1.54, 1.807) is 33.9 Å². The lowest BCUT2D eigenvalue weighted by molar-refractivity contribution is 0.560. The molecule has 0 amide bonds. The van der Waals surface area contributed by atoms with Crippen LogP contribution >= 0.6 is 0 Å². The number of aromatic nitrogens is 8. The van der Waals surface area contributed by atoms with Gasteiger partial charge in [-0.05, 0) is 32.6 Å². The number of imidazole rings is 1. The van der Waals surface area contributed by atoms with Crippen LogP contribution in [0.3, 0.4) is 0 Å². The molecule has 0 atom stereocenters. The maximum absolute atomic E-state index is 13.1. The van der Waals surface area contributed by atoms with Gasteiger partial charge in [-0.15, -0.1) is 5.10 Å². The molecule has 0 aromatic carbocycles. The zero-order valence-corrected chi connectivity index (χ0v) is 15.2. The van der Waals surface area contributed by atoms with Gasteiger partial charge >= 0.3 is 0 Å². The standard InChI is InChI=1S/C18H20N8O/c1-11(2)25-16(14-7-22-24(10-14)9-12-3-4-12)23-26-15(13-5-20-21-6-13)8-19-17(26)18(25)27/h5-8,10-12H,3-4,9H2,1-2H3,(H,20,21). The van der Waals surface area contributed by atoms with E-state index in [4.69, 9.17) is 5.10 Å². The monoisotopic (exact) mass is 364 g/mol. The molecule has 1 saturated carbocycles. The van der Waals surface area contributed by atoms with Crippen molar-refractivity contribution in [3.63, 3.8) is 0 Å². The minimum Gasteiger partial charge on any atom is -0.285 e. The van der Waals surface area contributed by atoms with Crippen LogP contribution in [0.1, 0.15) is 32.7 Å². The van der Waals surface area contributed by atoms with Crippen LogP contribution in [-0.4, -0.2) is 39.1 Å². The number of aromatic amines is 1. The summed E-state index contributed by atoms with van der Waals surface area (Å²) in [6.07, 6.45) is 11.4. The van der Waals surface area contributed by atoms with E-state index in [2.05, 4.69) is 20.3 Å². The van der Waals surface area contributed by atoms with E-state index in [-0.39, 0.29) is 11.6 Å². The molecule has 1 aliphatic rings. The largest absolute Gasteiger partial charge is 0.297 e. The van der Waals surface area contributed by atoms with Gasteiger partial charge in [0.15, 0.2) is 5.82 Å². The summed E-state index contributed by atoms with van der Waals surface area (Å²) < 4.78 is 5.22. The molecular formula is C18H20N8O. The minimum atomic E-state index is -0.167. The topological polar surface area (TPSA) is 98.7 Å². The molecule has 1 aliphatic carbocycles. The van der Waals surface area contributed by atoms with E-state index in [9.17, 15) is 4.79 Å². The van der Waals surface area contributed by atoms with Crippen molar-refractivity contribution in [3.8, 4) is 22.6 Å². The van der Waals surface area contributed by atoms with Gasteiger partial charge in [0.25, 0.3) is 5.56 Å². The maximum atomic E-state index is 13.1. The van der Waals surface area contributed by atoms with Crippen molar-refractivity contribution >= 4 is 5.65 Å². The minimum absolute atomic E-state index is 0.0501. The maximum Gasteiger partial charge on any atom is 0.297 e. The second-order valence-corrected chi connectivity index (χ2v) is 7.35. The number of nitrogens with zero attached hydrogens (tertiary/aromatic N) is 7. The van der Waals surface area contributed by atoms with Crippen LogP contribution in [0.25, 0.3) is 28.3 Å². The molecule has 1 N–H and O–H groups in total. The third-order valence-electron chi connectivity index (χ3n) is 4.91. The van der Waals surface area contributed by atoms with Crippen LogP contribution in [0, 0.1) is 5.92 Å². The summed E-state index contributed by atoms with van der Waals surface area (Å²) in [7, 11) is 0. The molecule has 27 heavy (non-hydrogen) atoms. The summed E-state index contributed by atoms with van der Waals surface area (Å²) in [6, 6.07) is -0.0501. The lowest BCUT2D eigenvalue weighted by Crippen LogP contribution is -2.27. The van der Waals surface area contributed by atoms with Crippen molar-refractivity contribution in [2.45, 2.75) is 39.3 Å². The Morgan fingerprint density at radius 3 is 2.78 bits per heavy atom. The Bertz CT molecular complexity index is 1160. The van der Waals surface area contributed by atoms with Crippen LogP contribution in [0.15, 0.2) is 35.8 Å². The fourth-order valence-corrected chi connectivity index (χ4v) is 3.35. The van der Waals surface area contributed by atoms with Crippen molar-refractivity contribution in [1.29, 1.82) is 0 Å². The fraction of sp³-hybridized carbons (Fsp3) is 0.389. The van der Waals surface area contributed by atoms with Crippen LogP contribution in [-0.2, 0) is 6.54 Å². The average Bonchev–Trinajstić information content (AvgIpc) is 3.07. The molecular weight excluding hydrogens is 344 g/mol. The Balaban J connectivity index is 1.71. The predicted molar refractivity (Wildman–Crippen MR) is 99.2 cm³/mol. The average molecular weight is 364 g/mol. The molecule has 5 rings (SSSR count). The Hall–Kier alpha value is -3.23. The lowest BCUT2D eigenvalue weighted by Gasteiger charge is -2.15. The van der Waals surface area contributed by atoms with E-state index >= 15 is 0 Å². The van der Waals surface area contributed by atoms with E-state index in [0.29, 0.717) is 11.5 Å². The van der Waals surface area contributed by atoms with Crippen LogP contribution in [0.2, 0.25) is 0 Å². The molecule has 9 heteroatoms. The highest BCUT2D eigenvalue weighted by Crippen LogP contribution is 2.31. The molecule has 0 radical (unpaired) electrons. The first-order valence-electron chi connectivity index (χ1n) is 9.14. The lowest BCUT2D eigenvalue weighted by atomic mass is 10.3. The fourth-order valence-electron chi connectivity index (χ4n) is 3.35. The Labute approximate surface area is 154 Å². The quantitative estimate of drug-likeness (QED) is 0.585. The van der Waals surface area contributed by atoms with Crippen molar-refractivity contribution in [3.05, 3.63) is 41.3 Å². The second kappa shape index (κ2) is 5.90. The number of nitrogens with one attached hydrogen (secondary N) is 1. The molecule has 4 aromatic heterocycles. The van der Waals surface area contributed by atoms with Gasteiger partial charge in [0, 0.05) is 30.5 Å².